The first-order valence-corrected chi connectivity index (χ1v) is 11.2. The van der Waals surface area contributed by atoms with Crippen LogP contribution in [0.15, 0.2) is 72.9 Å². The van der Waals surface area contributed by atoms with E-state index in [1.165, 1.54) is 30.4 Å². The number of para-hydroxylation sites is 1. The molecule has 0 aliphatic carbocycles. The molecule has 1 fully saturated rings. The second-order valence-corrected chi connectivity index (χ2v) is 8.19. The Balaban J connectivity index is 1.34. The lowest BCUT2D eigenvalue weighted by Crippen LogP contribution is -2.37. The van der Waals surface area contributed by atoms with Gasteiger partial charge in [0.25, 0.3) is 5.91 Å². The van der Waals surface area contributed by atoms with E-state index in [2.05, 4.69) is 22.1 Å². The number of rotatable bonds is 5. The summed E-state index contributed by atoms with van der Waals surface area (Å²) in [7, 11) is 1.63. The summed E-state index contributed by atoms with van der Waals surface area (Å²) >= 11 is 0. The second kappa shape index (κ2) is 10.2. The van der Waals surface area contributed by atoms with Crippen molar-refractivity contribution in [3.05, 3.63) is 78.5 Å². The number of ether oxygens (including phenoxy) is 1. The van der Waals surface area contributed by atoms with Gasteiger partial charge in [-0.15, -0.1) is 0 Å². The van der Waals surface area contributed by atoms with E-state index in [1.807, 2.05) is 54.6 Å². The molecule has 0 radical (unpaired) electrons. The smallest absolute Gasteiger partial charge is 0.391 e. The lowest BCUT2D eigenvalue weighted by Gasteiger charge is -2.35. The maximum Gasteiger partial charge on any atom is 0.420 e. The quantitative estimate of drug-likeness (QED) is 0.574. The van der Waals surface area contributed by atoms with E-state index in [-0.39, 0.29) is 11.8 Å². The Morgan fingerprint density at radius 3 is 2.45 bits per heavy atom. The van der Waals surface area contributed by atoms with Gasteiger partial charge in [-0.2, -0.15) is 0 Å². The van der Waals surface area contributed by atoms with E-state index in [0.717, 1.165) is 12.2 Å². The minimum absolute atomic E-state index is 0.154. The van der Waals surface area contributed by atoms with Gasteiger partial charge in [0, 0.05) is 42.6 Å². The average molecular weight is 445 g/mol. The van der Waals surface area contributed by atoms with Crippen LogP contribution in [0.5, 0.6) is 5.88 Å². The van der Waals surface area contributed by atoms with Crippen LogP contribution in [0.3, 0.4) is 0 Å². The van der Waals surface area contributed by atoms with Crippen molar-refractivity contribution < 1.29 is 14.3 Å². The standard InChI is InChI=1S/C26H28N4O3/c1-19-8-6-7-17-30(19)23-14-11-20(12-15-23)25(31)28-21-13-16-24(27-18-21)33-26(32)29(2)22-9-4-3-5-10-22/h3-5,9-16,18-19H,6-8,17H2,1-2H3,(H,28,31). The summed E-state index contributed by atoms with van der Waals surface area (Å²) in [6.07, 6.45) is 4.59. The molecule has 7 nitrogen and oxygen atoms in total. The fraction of sp³-hybridized carbons (Fsp3) is 0.269. The predicted octanol–water partition coefficient (Wildman–Crippen LogP) is 5.35. The van der Waals surface area contributed by atoms with E-state index >= 15 is 0 Å². The SMILES string of the molecule is CC1CCCCN1c1ccc(C(=O)Nc2ccc(OC(=O)N(C)c3ccccc3)nc2)cc1. The first-order chi connectivity index (χ1) is 16.0. The molecule has 1 aliphatic heterocycles. The Morgan fingerprint density at radius 1 is 1.03 bits per heavy atom. The molecule has 1 atom stereocenters. The number of carbonyl (C=O) groups excluding carboxylic acids is 2. The van der Waals surface area contributed by atoms with Gasteiger partial charge in [0.1, 0.15) is 0 Å². The lowest BCUT2D eigenvalue weighted by atomic mass is 10.0. The molecule has 7 heteroatoms. The summed E-state index contributed by atoms with van der Waals surface area (Å²) < 4.78 is 5.31. The molecule has 0 spiro atoms. The number of anilines is 3. The van der Waals surface area contributed by atoms with Crippen molar-refractivity contribution in [2.75, 3.05) is 28.7 Å². The van der Waals surface area contributed by atoms with Crippen LogP contribution in [0.25, 0.3) is 0 Å². The molecule has 1 aromatic heterocycles. The van der Waals surface area contributed by atoms with Crippen LogP contribution < -0.4 is 19.9 Å². The molecular formula is C26H28N4O3. The summed E-state index contributed by atoms with van der Waals surface area (Å²) in [5, 5.41) is 2.83. The number of piperidine rings is 1. The highest BCUT2D eigenvalue weighted by atomic mass is 16.6. The van der Waals surface area contributed by atoms with Gasteiger partial charge in [0.05, 0.1) is 11.9 Å². The van der Waals surface area contributed by atoms with Gasteiger partial charge >= 0.3 is 6.09 Å². The topological polar surface area (TPSA) is 74.8 Å². The number of carbonyl (C=O) groups is 2. The normalized spacial score (nSPS) is 15.6. The predicted molar refractivity (Wildman–Crippen MR) is 130 cm³/mol. The van der Waals surface area contributed by atoms with E-state index in [4.69, 9.17) is 4.74 Å². The fourth-order valence-electron chi connectivity index (χ4n) is 3.92. The van der Waals surface area contributed by atoms with Crippen molar-refractivity contribution in [1.82, 2.24) is 4.98 Å². The number of hydrogen-bond donors (Lipinski definition) is 1. The van der Waals surface area contributed by atoms with E-state index in [1.54, 1.807) is 19.2 Å². The molecule has 1 aliphatic rings. The average Bonchev–Trinajstić information content (AvgIpc) is 2.85. The van der Waals surface area contributed by atoms with Crippen LogP contribution in [0, 0.1) is 0 Å². The molecule has 3 aromatic rings. The van der Waals surface area contributed by atoms with E-state index in [0.29, 0.717) is 23.0 Å². The summed E-state index contributed by atoms with van der Waals surface area (Å²) in [6.45, 7) is 3.30. The molecule has 4 rings (SSSR count). The molecule has 2 aromatic carbocycles. The number of aromatic nitrogens is 1. The molecule has 0 saturated carbocycles. The number of nitrogens with one attached hydrogen (secondary N) is 1. The van der Waals surface area contributed by atoms with Crippen molar-refractivity contribution in [2.24, 2.45) is 0 Å². The van der Waals surface area contributed by atoms with Crippen LogP contribution in [0.1, 0.15) is 36.5 Å². The van der Waals surface area contributed by atoms with Gasteiger partial charge < -0.3 is 15.0 Å². The summed E-state index contributed by atoms with van der Waals surface area (Å²) in [5.41, 5.74) is 2.95. The molecule has 33 heavy (non-hydrogen) atoms. The third-order valence-electron chi connectivity index (χ3n) is 5.87. The monoisotopic (exact) mass is 444 g/mol. The molecule has 170 valence electrons. The van der Waals surface area contributed by atoms with Crippen LogP contribution in [-0.2, 0) is 0 Å². The van der Waals surface area contributed by atoms with Crippen molar-refractivity contribution in [2.45, 2.75) is 32.2 Å². The Kier molecular flexibility index (Phi) is 6.88. The van der Waals surface area contributed by atoms with E-state index < -0.39 is 6.09 Å². The zero-order valence-electron chi connectivity index (χ0n) is 18.9. The van der Waals surface area contributed by atoms with Crippen molar-refractivity contribution in [3.8, 4) is 5.88 Å². The molecular weight excluding hydrogens is 416 g/mol. The largest absolute Gasteiger partial charge is 0.420 e. The lowest BCUT2D eigenvalue weighted by molar-refractivity contribution is 0.102. The zero-order valence-corrected chi connectivity index (χ0v) is 18.9. The third-order valence-corrected chi connectivity index (χ3v) is 5.87. The van der Waals surface area contributed by atoms with Gasteiger partial charge in [-0.25, -0.2) is 9.78 Å². The first-order valence-electron chi connectivity index (χ1n) is 11.2. The van der Waals surface area contributed by atoms with Gasteiger partial charge in [-0.3, -0.25) is 9.69 Å². The number of amides is 2. The number of nitrogens with zero attached hydrogens (tertiary/aromatic N) is 3. The Bertz CT molecular complexity index is 1080. The highest BCUT2D eigenvalue weighted by molar-refractivity contribution is 6.04. The van der Waals surface area contributed by atoms with Gasteiger partial charge in [0.2, 0.25) is 5.88 Å². The molecule has 2 amide bonds. The van der Waals surface area contributed by atoms with Gasteiger partial charge in [0.15, 0.2) is 0 Å². The van der Waals surface area contributed by atoms with Crippen molar-refractivity contribution >= 4 is 29.1 Å². The number of pyridine rings is 1. The Morgan fingerprint density at radius 2 is 1.79 bits per heavy atom. The van der Waals surface area contributed by atoms with Crippen LogP contribution in [-0.4, -0.2) is 36.6 Å². The molecule has 1 N–H and O–H groups in total. The maximum atomic E-state index is 12.6. The first kappa shape index (κ1) is 22.3. The zero-order chi connectivity index (χ0) is 23.2. The number of benzene rings is 2. The summed E-state index contributed by atoms with van der Waals surface area (Å²) in [4.78, 5) is 32.9. The molecule has 2 heterocycles. The molecule has 1 unspecified atom stereocenters. The van der Waals surface area contributed by atoms with Crippen molar-refractivity contribution in [3.63, 3.8) is 0 Å². The highest BCUT2D eigenvalue weighted by Gasteiger charge is 2.19. The minimum Gasteiger partial charge on any atom is -0.391 e. The highest BCUT2D eigenvalue weighted by Crippen LogP contribution is 2.25. The van der Waals surface area contributed by atoms with Gasteiger partial charge in [-0.05, 0) is 68.7 Å². The molecule has 1 saturated heterocycles. The van der Waals surface area contributed by atoms with Gasteiger partial charge in [-0.1, -0.05) is 18.2 Å². The molecule has 0 bridgehead atoms. The van der Waals surface area contributed by atoms with Crippen LogP contribution in [0.4, 0.5) is 21.9 Å². The fourth-order valence-corrected chi connectivity index (χ4v) is 3.92. The van der Waals surface area contributed by atoms with E-state index in [9.17, 15) is 9.59 Å². The van der Waals surface area contributed by atoms with Crippen LogP contribution >= 0.6 is 0 Å². The maximum absolute atomic E-state index is 12.6. The summed E-state index contributed by atoms with van der Waals surface area (Å²) in [5.74, 6) is -0.0654. The summed E-state index contributed by atoms with van der Waals surface area (Å²) in [6, 6.07) is 20.6. The third kappa shape index (κ3) is 5.49. The number of hydrogen-bond acceptors (Lipinski definition) is 5. The Hall–Kier alpha value is -3.87. The Labute approximate surface area is 194 Å². The minimum atomic E-state index is -0.548. The van der Waals surface area contributed by atoms with Crippen molar-refractivity contribution in [1.29, 1.82) is 0 Å². The second-order valence-electron chi connectivity index (χ2n) is 8.19. The van der Waals surface area contributed by atoms with Crippen LogP contribution in [0.2, 0.25) is 0 Å².